The Morgan fingerprint density at radius 3 is 2.85 bits per heavy atom. The van der Waals surface area contributed by atoms with Gasteiger partial charge in [-0.15, -0.1) is 0 Å². The van der Waals surface area contributed by atoms with Crippen LogP contribution in [0.2, 0.25) is 0 Å². The van der Waals surface area contributed by atoms with Crippen LogP contribution in [0.5, 0.6) is 0 Å². The first kappa shape index (κ1) is 14.8. The van der Waals surface area contributed by atoms with Crippen molar-refractivity contribution in [2.45, 2.75) is 19.0 Å². The summed E-state index contributed by atoms with van der Waals surface area (Å²) in [4.78, 5) is 13.3. The summed E-state index contributed by atoms with van der Waals surface area (Å²) in [6, 6.07) is 5.33. The molecule has 1 aromatic rings. The standard InChI is InChI=1S/C13H17FN2O3S/c1-16(12-5-6-20(18,19)9-12)13(17)15-8-10-3-2-4-11(14)7-10/h2-4,7,12H,5-6,8-9H2,1H3,(H,15,17). The molecule has 1 aliphatic heterocycles. The van der Waals surface area contributed by atoms with Crippen molar-refractivity contribution < 1.29 is 17.6 Å². The second-order valence-electron chi connectivity index (χ2n) is 4.96. The maximum Gasteiger partial charge on any atom is 0.317 e. The molecule has 1 aliphatic rings. The number of benzene rings is 1. The second-order valence-corrected chi connectivity index (χ2v) is 7.19. The summed E-state index contributed by atoms with van der Waals surface area (Å²) in [7, 11) is -1.44. The van der Waals surface area contributed by atoms with E-state index in [9.17, 15) is 17.6 Å². The van der Waals surface area contributed by atoms with E-state index in [0.717, 1.165) is 0 Å². The van der Waals surface area contributed by atoms with Crippen molar-refractivity contribution in [1.29, 1.82) is 0 Å². The largest absolute Gasteiger partial charge is 0.334 e. The van der Waals surface area contributed by atoms with Crippen molar-refractivity contribution >= 4 is 15.9 Å². The van der Waals surface area contributed by atoms with Crippen molar-refractivity contribution in [3.8, 4) is 0 Å². The van der Waals surface area contributed by atoms with Crippen molar-refractivity contribution in [3.05, 3.63) is 35.6 Å². The lowest BCUT2D eigenvalue weighted by molar-refractivity contribution is 0.194. The molecule has 0 aliphatic carbocycles. The van der Waals surface area contributed by atoms with Gasteiger partial charge in [-0.1, -0.05) is 12.1 Å². The van der Waals surface area contributed by atoms with Gasteiger partial charge in [-0.2, -0.15) is 0 Å². The molecule has 1 unspecified atom stereocenters. The van der Waals surface area contributed by atoms with E-state index in [0.29, 0.717) is 12.0 Å². The van der Waals surface area contributed by atoms with Crippen LogP contribution < -0.4 is 5.32 Å². The van der Waals surface area contributed by atoms with Gasteiger partial charge in [-0.05, 0) is 24.1 Å². The molecule has 5 nitrogen and oxygen atoms in total. The van der Waals surface area contributed by atoms with Gasteiger partial charge in [-0.25, -0.2) is 17.6 Å². The summed E-state index contributed by atoms with van der Waals surface area (Å²) in [5.74, 6) is -0.220. The van der Waals surface area contributed by atoms with E-state index < -0.39 is 9.84 Å². The van der Waals surface area contributed by atoms with Crippen LogP contribution >= 0.6 is 0 Å². The molecule has 20 heavy (non-hydrogen) atoms. The van der Waals surface area contributed by atoms with E-state index >= 15 is 0 Å². The fraction of sp³-hybridized carbons (Fsp3) is 0.462. The molecule has 110 valence electrons. The van der Waals surface area contributed by atoms with Crippen LogP contribution in [0.4, 0.5) is 9.18 Å². The van der Waals surface area contributed by atoms with E-state index in [1.807, 2.05) is 0 Å². The monoisotopic (exact) mass is 300 g/mol. The average molecular weight is 300 g/mol. The summed E-state index contributed by atoms with van der Waals surface area (Å²) >= 11 is 0. The van der Waals surface area contributed by atoms with Gasteiger partial charge in [0.15, 0.2) is 9.84 Å². The lowest BCUT2D eigenvalue weighted by Gasteiger charge is -2.23. The first-order valence-electron chi connectivity index (χ1n) is 6.33. The number of nitrogens with one attached hydrogen (secondary N) is 1. The van der Waals surface area contributed by atoms with Crippen LogP contribution in [0, 0.1) is 5.82 Å². The van der Waals surface area contributed by atoms with E-state index in [-0.39, 0.29) is 35.9 Å². The normalized spacial score (nSPS) is 20.6. The predicted octanol–water partition coefficient (Wildman–Crippen LogP) is 1.15. The highest BCUT2D eigenvalue weighted by molar-refractivity contribution is 7.91. The van der Waals surface area contributed by atoms with Gasteiger partial charge in [0.1, 0.15) is 5.82 Å². The van der Waals surface area contributed by atoms with Crippen molar-refractivity contribution in [1.82, 2.24) is 10.2 Å². The fourth-order valence-electron chi connectivity index (χ4n) is 2.20. The molecule has 0 radical (unpaired) electrons. The predicted molar refractivity (Wildman–Crippen MR) is 73.5 cm³/mol. The van der Waals surface area contributed by atoms with Crippen molar-refractivity contribution in [3.63, 3.8) is 0 Å². The van der Waals surface area contributed by atoms with E-state index in [1.165, 1.54) is 17.0 Å². The number of amides is 2. The molecule has 0 saturated carbocycles. The van der Waals surface area contributed by atoms with Gasteiger partial charge in [-0.3, -0.25) is 0 Å². The average Bonchev–Trinajstić information content (AvgIpc) is 2.75. The summed E-state index contributed by atoms with van der Waals surface area (Å²) in [6.45, 7) is 0.209. The van der Waals surface area contributed by atoms with Gasteiger partial charge in [0.05, 0.1) is 11.5 Å². The van der Waals surface area contributed by atoms with Gasteiger partial charge in [0.25, 0.3) is 0 Å². The molecule has 1 atom stereocenters. The smallest absolute Gasteiger partial charge is 0.317 e. The number of urea groups is 1. The minimum absolute atomic E-state index is 0.0108. The van der Waals surface area contributed by atoms with Crippen LogP contribution in [-0.4, -0.2) is 43.9 Å². The summed E-state index contributed by atoms with van der Waals surface area (Å²) in [6.07, 6.45) is 0.465. The number of hydrogen-bond acceptors (Lipinski definition) is 3. The zero-order chi connectivity index (χ0) is 14.8. The van der Waals surface area contributed by atoms with Gasteiger partial charge >= 0.3 is 6.03 Å². The molecule has 0 spiro atoms. The Kier molecular flexibility index (Phi) is 4.27. The third-order valence-corrected chi connectivity index (χ3v) is 5.16. The van der Waals surface area contributed by atoms with E-state index in [1.54, 1.807) is 19.2 Å². The maximum atomic E-state index is 13.0. The SMILES string of the molecule is CN(C(=O)NCc1cccc(F)c1)C1CCS(=O)(=O)C1. The minimum Gasteiger partial charge on any atom is -0.334 e. The fourth-order valence-corrected chi connectivity index (χ4v) is 3.97. The Hall–Kier alpha value is -1.63. The molecule has 2 amide bonds. The number of nitrogens with zero attached hydrogens (tertiary/aromatic N) is 1. The Bertz CT molecular complexity index is 603. The first-order valence-corrected chi connectivity index (χ1v) is 8.15. The van der Waals surface area contributed by atoms with Gasteiger partial charge < -0.3 is 10.2 Å². The first-order chi connectivity index (χ1) is 9.37. The molecular formula is C13H17FN2O3S. The zero-order valence-electron chi connectivity index (χ0n) is 11.2. The zero-order valence-corrected chi connectivity index (χ0v) is 12.0. The van der Waals surface area contributed by atoms with Gasteiger partial charge in [0, 0.05) is 19.6 Å². The van der Waals surface area contributed by atoms with Crippen molar-refractivity contribution in [2.24, 2.45) is 0 Å². The van der Waals surface area contributed by atoms with E-state index in [4.69, 9.17) is 0 Å². The lowest BCUT2D eigenvalue weighted by atomic mass is 10.2. The van der Waals surface area contributed by atoms with Crippen LogP contribution in [0.25, 0.3) is 0 Å². The quantitative estimate of drug-likeness (QED) is 0.911. The molecule has 7 heteroatoms. The molecule has 1 fully saturated rings. The molecule has 0 aromatic heterocycles. The Labute approximate surface area is 117 Å². The third-order valence-electron chi connectivity index (χ3n) is 3.41. The molecule has 1 N–H and O–H groups in total. The van der Waals surface area contributed by atoms with Crippen molar-refractivity contribution in [2.75, 3.05) is 18.6 Å². The highest BCUT2D eigenvalue weighted by Gasteiger charge is 2.32. The summed E-state index contributed by atoms with van der Waals surface area (Å²) in [5.41, 5.74) is 0.658. The summed E-state index contributed by atoms with van der Waals surface area (Å²) in [5, 5.41) is 2.66. The number of halogens is 1. The molecule has 2 rings (SSSR count). The number of carbonyl (C=O) groups is 1. The molecule has 1 saturated heterocycles. The van der Waals surface area contributed by atoms with Crippen LogP contribution in [0.3, 0.4) is 0 Å². The molecule has 1 aromatic carbocycles. The van der Waals surface area contributed by atoms with Gasteiger partial charge in [0.2, 0.25) is 0 Å². The maximum absolute atomic E-state index is 13.0. The van der Waals surface area contributed by atoms with E-state index in [2.05, 4.69) is 5.32 Å². The van der Waals surface area contributed by atoms with Crippen LogP contribution in [-0.2, 0) is 16.4 Å². The minimum atomic E-state index is -3.02. The third kappa shape index (κ3) is 3.69. The number of rotatable bonds is 3. The molecule has 1 heterocycles. The highest BCUT2D eigenvalue weighted by atomic mass is 32.2. The Balaban J connectivity index is 1.89. The van der Waals surface area contributed by atoms with Crippen LogP contribution in [0.1, 0.15) is 12.0 Å². The number of carbonyl (C=O) groups excluding carboxylic acids is 1. The second kappa shape index (κ2) is 5.78. The summed E-state index contributed by atoms with van der Waals surface area (Å²) < 4.78 is 35.8. The topological polar surface area (TPSA) is 66.5 Å². The number of sulfone groups is 1. The number of hydrogen-bond donors (Lipinski definition) is 1. The van der Waals surface area contributed by atoms with Crippen LogP contribution in [0.15, 0.2) is 24.3 Å². The Morgan fingerprint density at radius 1 is 1.50 bits per heavy atom. The Morgan fingerprint density at radius 2 is 2.25 bits per heavy atom. The lowest BCUT2D eigenvalue weighted by Crippen LogP contribution is -2.43. The highest BCUT2D eigenvalue weighted by Crippen LogP contribution is 2.16. The molecule has 0 bridgehead atoms. The molecular weight excluding hydrogens is 283 g/mol.